The number of β-lactam (4-membered cyclic amide) rings is 1. The Kier molecular flexibility index (Phi) is 5.86. The minimum Gasteiger partial charge on any atom is -0.477 e. The molecule has 11 nitrogen and oxygen atoms in total. The number of carbonyl (C=O) groups excluding carboxylic acids is 2. The van der Waals surface area contributed by atoms with Gasteiger partial charge in [-0.2, -0.15) is 9.36 Å². The number of carbonyl (C=O) groups is 3. The lowest BCUT2D eigenvalue weighted by Gasteiger charge is -2.49. The standard InChI is InChI=1S/C14H13ClN6O5S2/c1-26-19-6(9-18-14(16)28-20-9)10(22)17-7-11(23)21-8(13(24)25)5(2-3-15)4-27-12(7)21/h2-3,7,12H,4H2,1H3,(H,17,22)(H,24,25)(H2,16,18,20)/b3-2+,19-6?/t7?,12-/m0/s1. The first kappa shape index (κ1) is 20.1. The van der Waals surface area contributed by atoms with Crippen molar-refractivity contribution in [1.82, 2.24) is 19.6 Å². The third-order valence-electron chi connectivity index (χ3n) is 3.80. The van der Waals surface area contributed by atoms with Gasteiger partial charge in [0.05, 0.1) is 0 Å². The summed E-state index contributed by atoms with van der Waals surface area (Å²) in [5.74, 6) is -2.29. The molecule has 1 saturated heterocycles. The third kappa shape index (κ3) is 3.55. The molecule has 28 heavy (non-hydrogen) atoms. The van der Waals surface area contributed by atoms with Crippen molar-refractivity contribution in [3.63, 3.8) is 0 Å². The Morgan fingerprint density at radius 2 is 2.29 bits per heavy atom. The normalized spacial score (nSPS) is 22.1. The van der Waals surface area contributed by atoms with Gasteiger partial charge in [-0.1, -0.05) is 16.8 Å². The molecule has 4 N–H and O–H groups in total. The number of aliphatic carboxylic acids is 1. The number of halogens is 1. The highest BCUT2D eigenvalue weighted by atomic mass is 35.5. The van der Waals surface area contributed by atoms with E-state index in [1.807, 2.05) is 0 Å². The van der Waals surface area contributed by atoms with Gasteiger partial charge in [-0.15, -0.1) is 11.8 Å². The number of nitrogens with two attached hydrogens (primary N) is 1. The highest BCUT2D eigenvalue weighted by Gasteiger charge is 2.54. The Labute approximate surface area is 171 Å². The number of nitrogens with zero attached hydrogens (tertiary/aromatic N) is 4. The fourth-order valence-electron chi connectivity index (χ4n) is 2.66. The first-order valence-electron chi connectivity index (χ1n) is 7.58. The summed E-state index contributed by atoms with van der Waals surface area (Å²) in [5, 5.41) is 15.1. The van der Waals surface area contributed by atoms with Crippen LogP contribution in [0.15, 0.2) is 28.0 Å². The number of nitrogens with one attached hydrogen (secondary N) is 1. The molecule has 0 saturated carbocycles. The molecule has 2 amide bonds. The van der Waals surface area contributed by atoms with Crippen molar-refractivity contribution in [3.8, 4) is 0 Å². The van der Waals surface area contributed by atoms with Crippen LogP contribution in [-0.2, 0) is 19.2 Å². The van der Waals surface area contributed by atoms with E-state index >= 15 is 0 Å². The highest BCUT2D eigenvalue weighted by molar-refractivity contribution is 8.00. The van der Waals surface area contributed by atoms with Gasteiger partial charge in [-0.25, -0.2) is 4.79 Å². The van der Waals surface area contributed by atoms with Gasteiger partial charge in [-0.3, -0.25) is 14.5 Å². The number of anilines is 1. The topological polar surface area (TPSA) is 160 Å². The van der Waals surface area contributed by atoms with E-state index in [2.05, 4.69) is 24.7 Å². The van der Waals surface area contributed by atoms with Crippen molar-refractivity contribution in [2.45, 2.75) is 11.4 Å². The number of aromatic nitrogens is 2. The molecule has 0 aromatic carbocycles. The van der Waals surface area contributed by atoms with Gasteiger partial charge in [0.25, 0.3) is 11.8 Å². The van der Waals surface area contributed by atoms with Crippen molar-refractivity contribution < 1.29 is 24.3 Å². The van der Waals surface area contributed by atoms with Gasteiger partial charge < -0.3 is 21.0 Å². The summed E-state index contributed by atoms with van der Waals surface area (Å²) in [6.07, 6.45) is 1.43. The molecule has 0 spiro atoms. The Hall–Kier alpha value is -2.64. The number of carboxylic acids is 1. The summed E-state index contributed by atoms with van der Waals surface area (Å²) < 4.78 is 3.90. The first-order chi connectivity index (χ1) is 13.4. The van der Waals surface area contributed by atoms with Crippen LogP contribution in [0.2, 0.25) is 0 Å². The molecule has 1 aromatic rings. The molecule has 0 bridgehead atoms. The summed E-state index contributed by atoms with van der Waals surface area (Å²) in [5.41, 5.74) is 6.71. The predicted molar refractivity (Wildman–Crippen MR) is 103 cm³/mol. The van der Waals surface area contributed by atoms with E-state index in [9.17, 15) is 19.5 Å². The second kappa shape index (κ2) is 8.16. The second-order valence-electron chi connectivity index (χ2n) is 5.41. The molecule has 3 heterocycles. The van der Waals surface area contributed by atoms with Crippen LogP contribution in [0.3, 0.4) is 0 Å². The van der Waals surface area contributed by atoms with E-state index in [1.54, 1.807) is 0 Å². The van der Waals surface area contributed by atoms with Crippen molar-refractivity contribution in [2.24, 2.45) is 5.16 Å². The van der Waals surface area contributed by atoms with Crippen LogP contribution in [0.1, 0.15) is 5.82 Å². The minimum absolute atomic E-state index is 0.0394. The molecule has 148 valence electrons. The number of carboxylic acid groups (broad SMARTS) is 1. The highest BCUT2D eigenvalue weighted by Crippen LogP contribution is 2.40. The van der Waals surface area contributed by atoms with Crippen molar-refractivity contribution in [2.75, 3.05) is 18.6 Å². The molecule has 0 radical (unpaired) electrons. The lowest BCUT2D eigenvalue weighted by atomic mass is 10.0. The minimum atomic E-state index is -1.25. The smallest absolute Gasteiger partial charge is 0.352 e. The Morgan fingerprint density at radius 3 is 2.86 bits per heavy atom. The molecule has 14 heteroatoms. The quantitative estimate of drug-likeness (QED) is 0.310. The number of amides is 2. The average molecular weight is 445 g/mol. The zero-order valence-corrected chi connectivity index (χ0v) is 16.5. The summed E-state index contributed by atoms with van der Waals surface area (Å²) in [6, 6.07) is -0.939. The van der Waals surface area contributed by atoms with Crippen LogP contribution < -0.4 is 11.1 Å². The molecule has 0 aliphatic carbocycles. The number of hydrogen-bond acceptors (Lipinski definition) is 10. The number of hydrogen-bond donors (Lipinski definition) is 3. The lowest BCUT2D eigenvalue weighted by molar-refractivity contribution is -0.150. The first-order valence-corrected chi connectivity index (χ1v) is 9.84. The van der Waals surface area contributed by atoms with Crippen LogP contribution in [0.5, 0.6) is 0 Å². The monoisotopic (exact) mass is 444 g/mol. The van der Waals surface area contributed by atoms with Crippen molar-refractivity contribution in [3.05, 3.63) is 28.7 Å². The largest absolute Gasteiger partial charge is 0.477 e. The third-order valence-corrected chi connectivity index (χ3v) is 5.77. The van der Waals surface area contributed by atoms with E-state index < -0.39 is 29.2 Å². The van der Waals surface area contributed by atoms with Gasteiger partial charge in [0.2, 0.25) is 11.5 Å². The van der Waals surface area contributed by atoms with Gasteiger partial charge >= 0.3 is 5.97 Å². The summed E-state index contributed by atoms with van der Waals surface area (Å²) >= 11 is 7.72. The van der Waals surface area contributed by atoms with Gasteiger partial charge in [-0.05, 0) is 11.6 Å². The molecule has 1 unspecified atom stereocenters. The lowest BCUT2D eigenvalue weighted by Crippen LogP contribution is -2.71. The number of allylic oxidation sites excluding steroid dienone is 1. The van der Waals surface area contributed by atoms with E-state index in [0.717, 1.165) is 16.4 Å². The fourth-order valence-corrected chi connectivity index (χ4v) is 4.57. The van der Waals surface area contributed by atoms with Gasteiger partial charge in [0.1, 0.15) is 24.2 Å². The number of fused-ring (bicyclic) bond motifs is 1. The summed E-state index contributed by atoms with van der Waals surface area (Å²) in [7, 11) is 1.24. The Bertz CT molecular complexity index is 929. The summed E-state index contributed by atoms with van der Waals surface area (Å²) in [4.78, 5) is 46.4. The van der Waals surface area contributed by atoms with E-state index in [0.29, 0.717) is 11.3 Å². The van der Waals surface area contributed by atoms with Crippen LogP contribution in [0, 0.1) is 0 Å². The van der Waals surface area contributed by atoms with Crippen molar-refractivity contribution >= 4 is 63.5 Å². The predicted octanol–water partition coefficient (Wildman–Crippen LogP) is -0.0381. The Morgan fingerprint density at radius 1 is 1.54 bits per heavy atom. The van der Waals surface area contributed by atoms with E-state index in [-0.39, 0.29) is 22.4 Å². The number of thioether (sulfide) groups is 1. The molecule has 2 aliphatic rings. The maximum atomic E-state index is 12.6. The number of oxime groups is 1. The molecule has 3 rings (SSSR count). The van der Waals surface area contributed by atoms with E-state index in [1.165, 1.54) is 30.5 Å². The average Bonchev–Trinajstić information content (AvgIpc) is 3.09. The number of nitrogen functional groups attached to an aromatic ring is 1. The SMILES string of the molecule is CON=C(C(=O)NC1C(=O)N2C(C(=O)O)=C(/C=C/Cl)CS[C@@H]12)c1nsc(N)n1. The summed E-state index contributed by atoms with van der Waals surface area (Å²) in [6.45, 7) is 0. The molecule has 2 atom stereocenters. The zero-order valence-electron chi connectivity index (χ0n) is 14.2. The molecule has 2 aliphatic heterocycles. The molecule has 1 aromatic heterocycles. The molecular weight excluding hydrogens is 432 g/mol. The van der Waals surface area contributed by atoms with Crippen LogP contribution >= 0.6 is 34.9 Å². The fraction of sp³-hybridized carbons (Fsp3) is 0.286. The molecular formula is C14H13ClN6O5S2. The van der Waals surface area contributed by atoms with E-state index in [4.69, 9.17) is 17.3 Å². The van der Waals surface area contributed by atoms with Gasteiger partial charge in [0.15, 0.2) is 5.13 Å². The van der Waals surface area contributed by atoms with Gasteiger partial charge in [0, 0.05) is 22.8 Å². The maximum absolute atomic E-state index is 12.6. The van der Waals surface area contributed by atoms with Crippen LogP contribution in [0.4, 0.5) is 5.13 Å². The van der Waals surface area contributed by atoms with Crippen LogP contribution in [0.25, 0.3) is 0 Å². The maximum Gasteiger partial charge on any atom is 0.352 e. The number of rotatable bonds is 6. The van der Waals surface area contributed by atoms with Crippen molar-refractivity contribution in [1.29, 1.82) is 0 Å². The Balaban J connectivity index is 1.80. The molecule has 1 fully saturated rings. The second-order valence-corrected chi connectivity index (χ2v) is 7.55. The van der Waals surface area contributed by atoms with Crippen LogP contribution in [-0.4, -0.2) is 67.1 Å². The zero-order chi connectivity index (χ0) is 20.4.